The Morgan fingerprint density at radius 3 is 2.70 bits per heavy atom. The monoisotopic (exact) mass is 435 g/mol. The van der Waals surface area contributed by atoms with Crippen molar-refractivity contribution in [2.24, 2.45) is 0 Å². The smallest absolute Gasteiger partial charge is 0.270 e. The second-order valence-corrected chi connectivity index (χ2v) is 7.82. The quantitative estimate of drug-likeness (QED) is 0.295. The molecule has 1 aromatic heterocycles. The van der Waals surface area contributed by atoms with Gasteiger partial charge in [-0.05, 0) is 42.0 Å². The Morgan fingerprint density at radius 2 is 1.90 bits per heavy atom. The van der Waals surface area contributed by atoms with Crippen molar-refractivity contribution in [2.45, 2.75) is 0 Å². The van der Waals surface area contributed by atoms with Crippen LogP contribution in [0.15, 0.2) is 66.7 Å². The summed E-state index contributed by atoms with van der Waals surface area (Å²) in [5.74, 6) is -0.283. The van der Waals surface area contributed by atoms with Gasteiger partial charge in [-0.1, -0.05) is 41.9 Å². The number of nitro benzene ring substituents is 1. The first-order valence-corrected chi connectivity index (χ1v) is 10.1. The molecule has 0 fully saturated rings. The van der Waals surface area contributed by atoms with Crippen LogP contribution in [0, 0.1) is 10.1 Å². The van der Waals surface area contributed by atoms with Gasteiger partial charge in [-0.25, -0.2) is 4.98 Å². The van der Waals surface area contributed by atoms with Gasteiger partial charge in [0.2, 0.25) is 0 Å². The van der Waals surface area contributed by atoms with Crippen LogP contribution in [0.4, 0.5) is 11.4 Å². The number of hydrogen-bond acceptors (Lipinski definition) is 5. The first-order valence-electron chi connectivity index (χ1n) is 8.88. The molecule has 3 aromatic carbocycles. The predicted molar refractivity (Wildman–Crippen MR) is 121 cm³/mol. The van der Waals surface area contributed by atoms with Crippen LogP contribution in [-0.4, -0.2) is 15.8 Å². The lowest BCUT2D eigenvalue weighted by molar-refractivity contribution is -0.384. The highest BCUT2D eigenvalue weighted by Gasteiger charge is 2.10. The molecule has 148 valence electrons. The van der Waals surface area contributed by atoms with Gasteiger partial charge in [-0.3, -0.25) is 14.9 Å². The first-order chi connectivity index (χ1) is 14.5. The number of benzene rings is 3. The van der Waals surface area contributed by atoms with Crippen molar-refractivity contribution in [1.29, 1.82) is 0 Å². The van der Waals surface area contributed by atoms with Crippen LogP contribution in [0.1, 0.15) is 20.9 Å². The van der Waals surface area contributed by atoms with E-state index in [0.717, 1.165) is 15.3 Å². The molecule has 0 bridgehead atoms. The summed E-state index contributed by atoms with van der Waals surface area (Å²) in [6.07, 6.45) is 3.71. The van der Waals surface area contributed by atoms with Crippen molar-refractivity contribution in [1.82, 2.24) is 4.98 Å². The molecule has 1 N–H and O–H groups in total. The van der Waals surface area contributed by atoms with Crippen molar-refractivity contribution >= 4 is 62.6 Å². The molecule has 0 aliphatic rings. The first kappa shape index (κ1) is 19.8. The molecular formula is C22H14ClN3O3S. The molecule has 0 saturated heterocycles. The van der Waals surface area contributed by atoms with Crippen molar-refractivity contribution in [3.63, 3.8) is 0 Å². The molecule has 0 radical (unpaired) electrons. The highest BCUT2D eigenvalue weighted by molar-refractivity contribution is 7.19. The maximum Gasteiger partial charge on any atom is 0.270 e. The maximum atomic E-state index is 12.4. The van der Waals surface area contributed by atoms with Crippen molar-refractivity contribution < 1.29 is 9.72 Å². The normalized spacial score (nSPS) is 11.1. The summed E-state index contributed by atoms with van der Waals surface area (Å²) in [4.78, 5) is 27.4. The largest absolute Gasteiger partial charge is 0.322 e. The summed E-state index contributed by atoms with van der Waals surface area (Å²) in [5.41, 5.74) is 2.68. The number of aromatic nitrogens is 1. The molecule has 1 heterocycles. The highest BCUT2D eigenvalue weighted by Crippen LogP contribution is 2.27. The van der Waals surface area contributed by atoms with E-state index in [9.17, 15) is 14.9 Å². The summed E-state index contributed by atoms with van der Waals surface area (Å²) >= 11 is 7.45. The minimum atomic E-state index is -0.420. The fourth-order valence-electron chi connectivity index (χ4n) is 2.85. The minimum absolute atomic E-state index is 0.0450. The number of rotatable bonds is 5. The van der Waals surface area contributed by atoms with Gasteiger partial charge in [0, 0.05) is 17.8 Å². The number of nitro groups is 1. The number of nitrogens with zero attached hydrogens (tertiary/aromatic N) is 2. The molecule has 8 heteroatoms. The molecule has 4 rings (SSSR count). The van der Waals surface area contributed by atoms with E-state index in [-0.39, 0.29) is 11.6 Å². The third kappa shape index (κ3) is 4.37. The standard InChI is InChI=1S/C22H14ClN3O3S/c23-18-7-2-1-6-17(18)22(27)24-15-5-3-4-14(12-15)8-11-21-25-19-10-9-16(26(28)29)13-20(19)30-21/h1-13H,(H,24,27). The molecule has 0 aliphatic carbocycles. The lowest BCUT2D eigenvalue weighted by Crippen LogP contribution is -2.12. The van der Waals surface area contributed by atoms with E-state index in [1.807, 2.05) is 30.4 Å². The Bertz CT molecular complexity index is 1300. The zero-order chi connectivity index (χ0) is 21.1. The van der Waals surface area contributed by atoms with Gasteiger partial charge >= 0.3 is 0 Å². The van der Waals surface area contributed by atoms with Crippen LogP contribution in [0.5, 0.6) is 0 Å². The fraction of sp³-hybridized carbons (Fsp3) is 0. The van der Waals surface area contributed by atoms with E-state index in [1.54, 1.807) is 36.4 Å². The van der Waals surface area contributed by atoms with E-state index < -0.39 is 4.92 Å². The SMILES string of the molecule is O=C(Nc1cccc(C=Cc2nc3ccc([N+](=O)[O-])cc3s2)c1)c1ccccc1Cl. The Labute approximate surface area is 180 Å². The topological polar surface area (TPSA) is 85.1 Å². The number of anilines is 1. The second kappa shape index (κ2) is 8.44. The molecule has 1 amide bonds. The van der Waals surface area contributed by atoms with Crippen LogP contribution >= 0.6 is 22.9 Å². The number of thiazole rings is 1. The zero-order valence-electron chi connectivity index (χ0n) is 15.4. The van der Waals surface area contributed by atoms with Gasteiger partial charge in [-0.2, -0.15) is 0 Å². The summed E-state index contributed by atoms with van der Waals surface area (Å²) < 4.78 is 0.754. The molecule has 0 aliphatic heterocycles. The lowest BCUT2D eigenvalue weighted by atomic mass is 10.1. The molecular weight excluding hydrogens is 422 g/mol. The van der Waals surface area contributed by atoms with E-state index in [2.05, 4.69) is 10.3 Å². The van der Waals surface area contributed by atoms with E-state index >= 15 is 0 Å². The number of halogens is 1. The van der Waals surface area contributed by atoms with Crippen LogP contribution in [0.25, 0.3) is 22.4 Å². The van der Waals surface area contributed by atoms with Crippen LogP contribution in [0.3, 0.4) is 0 Å². The van der Waals surface area contributed by atoms with Gasteiger partial charge < -0.3 is 5.32 Å². The minimum Gasteiger partial charge on any atom is -0.322 e. The average Bonchev–Trinajstić information content (AvgIpc) is 3.15. The number of non-ortho nitro benzene ring substituents is 1. The van der Waals surface area contributed by atoms with Gasteiger partial charge in [0.25, 0.3) is 11.6 Å². The Morgan fingerprint density at radius 1 is 1.07 bits per heavy atom. The zero-order valence-corrected chi connectivity index (χ0v) is 17.0. The average molecular weight is 436 g/mol. The molecule has 4 aromatic rings. The maximum absolute atomic E-state index is 12.4. The van der Waals surface area contributed by atoms with Gasteiger partial charge in [-0.15, -0.1) is 11.3 Å². The lowest BCUT2D eigenvalue weighted by Gasteiger charge is -2.07. The number of fused-ring (bicyclic) bond motifs is 1. The molecule has 6 nitrogen and oxygen atoms in total. The third-order valence-electron chi connectivity index (χ3n) is 4.28. The molecule has 30 heavy (non-hydrogen) atoms. The highest BCUT2D eigenvalue weighted by atomic mass is 35.5. The third-order valence-corrected chi connectivity index (χ3v) is 5.59. The van der Waals surface area contributed by atoms with Gasteiger partial charge in [0.1, 0.15) is 5.01 Å². The Hall–Kier alpha value is -3.55. The summed E-state index contributed by atoms with van der Waals surface area (Å²) in [5, 5.41) is 14.9. The summed E-state index contributed by atoms with van der Waals surface area (Å²) in [6.45, 7) is 0. The molecule has 0 atom stereocenters. The number of carbonyl (C=O) groups excluding carboxylic acids is 1. The van der Waals surface area contributed by atoms with E-state index in [1.165, 1.54) is 23.5 Å². The number of nitrogens with one attached hydrogen (secondary N) is 1. The second-order valence-electron chi connectivity index (χ2n) is 6.35. The summed E-state index contributed by atoms with van der Waals surface area (Å²) in [7, 11) is 0. The molecule has 0 spiro atoms. The molecule has 0 saturated carbocycles. The van der Waals surface area contributed by atoms with Gasteiger partial charge in [0.05, 0.1) is 25.7 Å². The van der Waals surface area contributed by atoms with Crippen LogP contribution in [0.2, 0.25) is 5.02 Å². The predicted octanol–water partition coefficient (Wildman–Crippen LogP) is 6.28. The molecule has 0 unspecified atom stereocenters. The van der Waals surface area contributed by atoms with Crippen molar-refractivity contribution in [3.8, 4) is 0 Å². The van der Waals surface area contributed by atoms with Crippen LogP contribution < -0.4 is 5.32 Å². The fourth-order valence-corrected chi connectivity index (χ4v) is 3.97. The van der Waals surface area contributed by atoms with E-state index in [4.69, 9.17) is 11.6 Å². The Kier molecular flexibility index (Phi) is 5.56. The number of carbonyl (C=O) groups is 1. The van der Waals surface area contributed by atoms with E-state index in [0.29, 0.717) is 21.8 Å². The van der Waals surface area contributed by atoms with Gasteiger partial charge in [0.15, 0.2) is 0 Å². The Balaban J connectivity index is 1.52. The van der Waals surface area contributed by atoms with Crippen molar-refractivity contribution in [2.75, 3.05) is 5.32 Å². The van der Waals surface area contributed by atoms with Crippen molar-refractivity contribution in [3.05, 3.63) is 98.0 Å². The summed E-state index contributed by atoms with van der Waals surface area (Å²) in [6, 6.07) is 18.8. The number of hydrogen-bond donors (Lipinski definition) is 1. The van der Waals surface area contributed by atoms with Crippen LogP contribution in [-0.2, 0) is 0 Å². The number of amides is 1.